The van der Waals surface area contributed by atoms with Crippen molar-refractivity contribution in [3.8, 4) is 0 Å². The Balaban J connectivity index is 2.59. The van der Waals surface area contributed by atoms with Crippen molar-refractivity contribution in [1.29, 1.82) is 0 Å². The fourth-order valence-electron chi connectivity index (χ4n) is 1.40. The van der Waals surface area contributed by atoms with Crippen LogP contribution in [0.3, 0.4) is 0 Å². The lowest BCUT2D eigenvalue weighted by Crippen LogP contribution is -2.58. The molecular formula is C9H16N2O3S. The van der Waals surface area contributed by atoms with Crippen LogP contribution in [-0.2, 0) is 4.79 Å². The van der Waals surface area contributed by atoms with Gasteiger partial charge in [-0.2, -0.15) is 11.8 Å². The molecule has 0 saturated carbocycles. The maximum Gasteiger partial charge on any atom is 0.330 e. The predicted molar refractivity (Wildman–Crippen MR) is 59.1 cm³/mol. The Bertz CT molecular complexity index is 262. The number of urea groups is 1. The van der Waals surface area contributed by atoms with Gasteiger partial charge in [-0.1, -0.05) is 0 Å². The van der Waals surface area contributed by atoms with E-state index in [9.17, 15) is 9.59 Å². The molecule has 0 aliphatic carbocycles. The van der Waals surface area contributed by atoms with Crippen molar-refractivity contribution >= 4 is 23.8 Å². The number of hydrogen-bond acceptors (Lipinski definition) is 3. The molecule has 3 N–H and O–H groups in total. The van der Waals surface area contributed by atoms with Crippen LogP contribution in [0.25, 0.3) is 0 Å². The molecule has 1 atom stereocenters. The number of carboxylic acid groups (broad SMARTS) is 1. The molecule has 0 spiro atoms. The molecular weight excluding hydrogens is 216 g/mol. The highest BCUT2D eigenvalue weighted by Gasteiger charge is 2.43. The van der Waals surface area contributed by atoms with E-state index in [2.05, 4.69) is 10.6 Å². The molecule has 1 rings (SSSR count). The molecule has 0 aromatic rings. The van der Waals surface area contributed by atoms with Gasteiger partial charge >= 0.3 is 12.0 Å². The van der Waals surface area contributed by atoms with Gasteiger partial charge in [-0.15, -0.1) is 0 Å². The normalized spacial score (nSPS) is 25.3. The van der Waals surface area contributed by atoms with E-state index in [0.29, 0.717) is 12.2 Å². The second kappa shape index (κ2) is 4.74. The Labute approximate surface area is 93.0 Å². The standard InChI is InChI=1S/C9H16N2O3S/c1-6(2)10-8(14)11-9(7(12)13)3-4-15-5-9/h6H,3-5H2,1-2H3,(H,12,13)(H2,10,11,14). The number of thioether (sulfide) groups is 1. The van der Waals surface area contributed by atoms with Crippen LogP contribution in [0.5, 0.6) is 0 Å². The lowest BCUT2D eigenvalue weighted by atomic mass is 10.00. The number of carboxylic acids is 1. The van der Waals surface area contributed by atoms with Crippen LogP contribution in [0, 0.1) is 0 Å². The first-order valence-electron chi connectivity index (χ1n) is 4.86. The van der Waals surface area contributed by atoms with Crippen molar-refractivity contribution in [3.63, 3.8) is 0 Å². The van der Waals surface area contributed by atoms with Crippen LogP contribution < -0.4 is 10.6 Å². The number of nitrogens with one attached hydrogen (secondary N) is 2. The number of rotatable bonds is 3. The largest absolute Gasteiger partial charge is 0.479 e. The highest BCUT2D eigenvalue weighted by molar-refractivity contribution is 7.99. The molecule has 86 valence electrons. The fraction of sp³-hybridized carbons (Fsp3) is 0.778. The second-order valence-corrected chi connectivity index (χ2v) is 5.05. The van der Waals surface area contributed by atoms with Gasteiger partial charge in [-0.05, 0) is 26.0 Å². The molecule has 6 heteroatoms. The molecule has 0 bridgehead atoms. The minimum Gasteiger partial charge on any atom is -0.479 e. The molecule has 1 unspecified atom stereocenters. The van der Waals surface area contributed by atoms with Crippen molar-refractivity contribution < 1.29 is 14.7 Å². The molecule has 1 saturated heterocycles. The number of carbonyl (C=O) groups is 2. The van der Waals surface area contributed by atoms with Crippen LogP contribution in [0.4, 0.5) is 4.79 Å². The molecule has 1 aliphatic rings. The summed E-state index contributed by atoms with van der Waals surface area (Å²) in [5.41, 5.74) is -1.08. The summed E-state index contributed by atoms with van der Waals surface area (Å²) in [6.45, 7) is 3.66. The van der Waals surface area contributed by atoms with Crippen molar-refractivity contribution in [2.75, 3.05) is 11.5 Å². The Hall–Kier alpha value is -0.910. The van der Waals surface area contributed by atoms with E-state index in [1.54, 1.807) is 11.8 Å². The first-order valence-corrected chi connectivity index (χ1v) is 6.01. The molecule has 2 amide bonds. The summed E-state index contributed by atoms with van der Waals surface area (Å²) in [5, 5.41) is 14.3. The molecule has 1 aliphatic heterocycles. The maximum absolute atomic E-state index is 11.4. The summed E-state index contributed by atoms with van der Waals surface area (Å²) < 4.78 is 0. The van der Waals surface area contributed by atoms with E-state index >= 15 is 0 Å². The minimum absolute atomic E-state index is 0.00454. The van der Waals surface area contributed by atoms with Gasteiger partial charge in [-0.3, -0.25) is 0 Å². The molecule has 0 aromatic heterocycles. The van der Waals surface area contributed by atoms with Crippen molar-refractivity contribution in [1.82, 2.24) is 10.6 Å². The molecule has 0 aromatic carbocycles. The second-order valence-electron chi connectivity index (χ2n) is 3.94. The average Bonchev–Trinajstić information content (AvgIpc) is 2.52. The van der Waals surface area contributed by atoms with E-state index in [0.717, 1.165) is 5.75 Å². The van der Waals surface area contributed by atoms with Crippen molar-refractivity contribution in [2.45, 2.75) is 31.8 Å². The summed E-state index contributed by atoms with van der Waals surface area (Å²) in [6, 6.07) is -0.403. The van der Waals surface area contributed by atoms with E-state index in [1.165, 1.54) is 0 Å². The molecule has 1 heterocycles. The predicted octanol–water partition coefficient (Wildman–Crippen LogP) is 0.654. The molecule has 5 nitrogen and oxygen atoms in total. The summed E-state index contributed by atoms with van der Waals surface area (Å²) in [4.78, 5) is 22.5. The third-order valence-electron chi connectivity index (χ3n) is 2.20. The maximum atomic E-state index is 11.4. The van der Waals surface area contributed by atoms with Crippen molar-refractivity contribution in [2.24, 2.45) is 0 Å². The number of carbonyl (C=O) groups excluding carboxylic acids is 1. The molecule has 0 radical (unpaired) electrons. The van der Waals surface area contributed by atoms with Crippen LogP contribution in [0.15, 0.2) is 0 Å². The zero-order valence-electron chi connectivity index (χ0n) is 8.87. The summed E-state index contributed by atoms with van der Waals surface area (Å²) in [5.74, 6) is 0.258. The molecule has 1 fully saturated rings. The van der Waals surface area contributed by atoms with Crippen LogP contribution in [0.2, 0.25) is 0 Å². The van der Waals surface area contributed by atoms with Gasteiger partial charge in [0.05, 0.1) is 0 Å². The number of hydrogen-bond donors (Lipinski definition) is 3. The average molecular weight is 232 g/mol. The van der Waals surface area contributed by atoms with Crippen LogP contribution in [-0.4, -0.2) is 40.2 Å². The monoisotopic (exact) mass is 232 g/mol. The van der Waals surface area contributed by atoms with E-state index < -0.39 is 17.5 Å². The third-order valence-corrected chi connectivity index (χ3v) is 3.39. The Morgan fingerprint density at radius 3 is 2.53 bits per heavy atom. The highest BCUT2D eigenvalue weighted by atomic mass is 32.2. The van der Waals surface area contributed by atoms with Crippen molar-refractivity contribution in [3.05, 3.63) is 0 Å². The van der Waals surface area contributed by atoms with Gasteiger partial charge in [0.1, 0.15) is 5.54 Å². The third kappa shape index (κ3) is 3.02. The van der Waals surface area contributed by atoms with Gasteiger partial charge in [0.2, 0.25) is 0 Å². The van der Waals surface area contributed by atoms with Gasteiger partial charge in [0.15, 0.2) is 0 Å². The smallest absolute Gasteiger partial charge is 0.330 e. The van der Waals surface area contributed by atoms with Gasteiger partial charge in [0, 0.05) is 11.8 Å². The highest BCUT2D eigenvalue weighted by Crippen LogP contribution is 2.28. The van der Waals surface area contributed by atoms with Gasteiger partial charge in [0.25, 0.3) is 0 Å². The Kier molecular flexibility index (Phi) is 3.84. The lowest BCUT2D eigenvalue weighted by molar-refractivity contribution is -0.143. The van der Waals surface area contributed by atoms with Gasteiger partial charge in [-0.25, -0.2) is 9.59 Å². The summed E-state index contributed by atoms with van der Waals surface area (Å²) in [6.07, 6.45) is 0.485. The van der Waals surface area contributed by atoms with Crippen LogP contribution >= 0.6 is 11.8 Å². The minimum atomic E-state index is -1.08. The molecule has 15 heavy (non-hydrogen) atoms. The Morgan fingerprint density at radius 2 is 2.13 bits per heavy atom. The summed E-state index contributed by atoms with van der Waals surface area (Å²) in [7, 11) is 0. The first kappa shape index (κ1) is 12.2. The SMILES string of the molecule is CC(C)NC(=O)NC1(C(=O)O)CCSC1. The topological polar surface area (TPSA) is 78.4 Å². The summed E-state index contributed by atoms with van der Waals surface area (Å²) >= 11 is 1.55. The quantitative estimate of drug-likeness (QED) is 0.667. The number of amides is 2. The zero-order valence-corrected chi connectivity index (χ0v) is 9.69. The van der Waals surface area contributed by atoms with E-state index in [1.807, 2.05) is 13.8 Å². The zero-order chi connectivity index (χ0) is 11.5. The van der Waals surface area contributed by atoms with E-state index in [-0.39, 0.29) is 6.04 Å². The lowest BCUT2D eigenvalue weighted by Gasteiger charge is -2.25. The fourth-order valence-corrected chi connectivity index (χ4v) is 2.73. The van der Waals surface area contributed by atoms with Gasteiger partial charge < -0.3 is 15.7 Å². The van der Waals surface area contributed by atoms with Crippen LogP contribution in [0.1, 0.15) is 20.3 Å². The number of aliphatic carboxylic acids is 1. The first-order chi connectivity index (χ1) is 6.96. The Morgan fingerprint density at radius 1 is 1.47 bits per heavy atom. The van der Waals surface area contributed by atoms with E-state index in [4.69, 9.17) is 5.11 Å².